The second-order valence-electron chi connectivity index (χ2n) is 16.0. The van der Waals surface area contributed by atoms with Crippen LogP contribution in [-0.2, 0) is 66.4 Å². The van der Waals surface area contributed by atoms with Gasteiger partial charge in [-0.1, -0.05) is 6.58 Å². The summed E-state index contributed by atoms with van der Waals surface area (Å²) in [6.45, 7) is 5.54. The Hall–Kier alpha value is -8.70. The number of anilines is 3. The van der Waals surface area contributed by atoms with Crippen molar-refractivity contribution in [3.05, 3.63) is 84.9 Å². The van der Waals surface area contributed by atoms with Crippen molar-refractivity contribution in [1.29, 1.82) is 0 Å². The smallest absolute Gasteiger partial charge is 0.291 e. The van der Waals surface area contributed by atoms with Gasteiger partial charge in [-0.3, -0.25) is 43.2 Å². The third kappa shape index (κ3) is 19.1. The number of ether oxygens (including phenoxy) is 3. The van der Waals surface area contributed by atoms with Crippen molar-refractivity contribution < 1.29 is 57.4 Å². The molecule has 0 unspecified atom stereocenters. The lowest BCUT2D eigenvalue weighted by Crippen LogP contribution is -2.35. The summed E-state index contributed by atoms with van der Waals surface area (Å²) < 4.78 is 21.7. The minimum absolute atomic E-state index is 0.00631. The number of likely N-dealkylation sites (N-methyl/N-ethyl adjacent to an activating group) is 1. The van der Waals surface area contributed by atoms with Crippen LogP contribution in [0.2, 0.25) is 0 Å². The first-order valence-electron chi connectivity index (χ1n) is 23.0. The molecule has 0 saturated heterocycles. The van der Waals surface area contributed by atoms with Crippen LogP contribution < -0.4 is 48.3 Å². The van der Waals surface area contributed by atoms with Gasteiger partial charge in [-0.05, 0) is 12.3 Å². The normalized spacial score (nSPS) is 11.0. The van der Waals surface area contributed by atoms with E-state index in [1.165, 1.54) is 63.6 Å². The molecule has 0 aliphatic heterocycles. The lowest BCUT2D eigenvalue weighted by Gasteiger charge is -2.17. The number of carbonyl (C=O) groups is 9. The zero-order valence-corrected chi connectivity index (χ0v) is 41.8. The Bertz CT molecular complexity index is 2660. The number of primary amides is 1. The SMILES string of the molecule is C=CN(C)/C(=C\NC(=O)c1nc(NC(=O)CCNC(=O)c2cc(NC(=O)c3nccn3C)cn2C)cn1C)C(=O)NCCC(=O)Nc1cn(C)c(C(=O)NCCC(=O)NCCOCCOCCOCCC(N)=O)n1. The van der Waals surface area contributed by atoms with Crippen LogP contribution in [0, 0.1) is 0 Å². The van der Waals surface area contributed by atoms with Crippen molar-refractivity contribution in [2.24, 2.45) is 33.9 Å². The lowest BCUT2D eigenvalue weighted by molar-refractivity contribution is -0.121. The summed E-state index contributed by atoms with van der Waals surface area (Å²) in [5.41, 5.74) is 5.59. The van der Waals surface area contributed by atoms with E-state index >= 15 is 0 Å². The zero-order chi connectivity index (χ0) is 54.2. The highest BCUT2D eigenvalue weighted by atomic mass is 16.5. The first kappa shape index (κ1) is 57.9. The molecule has 400 valence electrons. The van der Waals surface area contributed by atoms with Crippen LogP contribution in [0.3, 0.4) is 0 Å². The van der Waals surface area contributed by atoms with E-state index in [9.17, 15) is 43.2 Å². The fourth-order valence-corrected chi connectivity index (χ4v) is 6.33. The molecular weight excluding hydrogens is 971 g/mol. The van der Waals surface area contributed by atoms with Gasteiger partial charge in [-0.15, -0.1) is 0 Å². The Labute approximate surface area is 425 Å². The molecule has 10 N–H and O–H groups in total. The molecule has 0 radical (unpaired) electrons. The molecule has 29 heteroatoms. The Balaban J connectivity index is 1.13. The maximum atomic E-state index is 13.2. The number of nitrogens with two attached hydrogens (primary N) is 1. The number of rotatable bonds is 32. The molecule has 4 aromatic heterocycles. The van der Waals surface area contributed by atoms with E-state index in [4.69, 9.17) is 19.9 Å². The Morgan fingerprint density at radius 2 is 1.16 bits per heavy atom. The van der Waals surface area contributed by atoms with Crippen LogP contribution in [0.25, 0.3) is 0 Å². The lowest BCUT2D eigenvalue weighted by atomic mass is 10.3. The molecule has 0 atom stereocenters. The molecule has 4 heterocycles. The van der Waals surface area contributed by atoms with Crippen molar-refractivity contribution in [1.82, 2.24) is 64.7 Å². The summed E-state index contributed by atoms with van der Waals surface area (Å²) in [7, 11) is 7.89. The van der Waals surface area contributed by atoms with E-state index in [0.29, 0.717) is 32.1 Å². The summed E-state index contributed by atoms with van der Waals surface area (Å²) >= 11 is 0. The van der Waals surface area contributed by atoms with Crippen LogP contribution in [0.4, 0.5) is 17.3 Å². The Kier molecular flexibility index (Phi) is 23.1. The summed E-state index contributed by atoms with van der Waals surface area (Å²) in [4.78, 5) is 126. The van der Waals surface area contributed by atoms with Crippen molar-refractivity contribution in [2.45, 2.75) is 25.7 Å². The summed E-state index contributed by atoms with van der Waals surface area (Å²) in [6, 6.07) is 1.49. The van der Waals surface area contributed by atoms with E-state index in [1.54, 1.807) is 38.1 Å². The summed E-state index contributed by atoms with van der Waals surface area (Å²) in [5, 5.41) is 20.9. The molecule has 29 nitrogen and oxygen atoms in total. The number of hydrogen-bond acceptors (Lipinski definition) is 16. The Morgan fingerprint density at radius 1 is 0.608 bits per heavy atom. The molecule has 0 saturated carbocycles. The first-order valence-corrected chi connectivity index (χ1v) is 23.0. The second kappa shape index (κ2) is 29.6. The molecule has 0 spiro atoms. The quantitative estimate of drug-likeness (QED) is 0.0192. The third-order valence-electron chi connectivity index (χ3n) is 10.2. The van der Waals surface area contributed by atoms with Crippen molar-refractivity contribution in [2.75, 3.05) is 88.8 Å². The molecule has 0 fully saturated rings. The van der Waals surface area contributed by atoms with Crippen LogP contribution in [0.5, 0.6) is 0 Å². The molecule has 9 amide bonds. The first-order chi connectivity index (χ1) is 35.4. The van der Waals surface area contributed by atoms with Crippen LogP contribution in [0.1, 0.15) is 68.0 Å². The predicted molar refractivity (Wildman–Crippen MR) is 265 cm³/mol. The van der Waals surface area contributed by atoms with Gasteiger partial charge in [0.15, 0.2) is 17.5 Å². The van der Waals surface area contributed by atoms with Gasteiger partial charge in [0.2, 0.25) is 35.3 Å². The largest absolute Gasteiger partial charge is 0.379 e. The third-order valence-corrected chi connectivity index (χ3v) is 10.2. The maximum absolute atomic E-state index is 13.2. The number of imidazole rings is 3. The van der Waals surface area contributed by atoms with Crippen molar-refractivity contribution >= 4 is 70.5 Å². The monoisotopic (exact) mass is 1030 g/mol. The second-order valence-corrected chi connectivity index (χ2v) is 16.0. The molecule has 0 bridgehead atoms. The molecular formula is C45H63N17O12. The highest BCUT2D eigenvalue weighted by Crippen LogP contribution is 2.15. The van der Waals surface area contributed by atoms with Gasteiger partial charge in [0, 0.05) is 124 Å². The number of nitrogens with zero attached hydrogens (tertiary/aromatic N) is 8. The molecule has 0 aliphatic rings. The molecule has 0 aromatic carbocycles. The highest BCUT2D eigenvalue weighted by Gasteiger charge is 2.21. The van der Waals surface area contributed by atoms with Gasteiger partial charge in [-0.2, -0.15) is 0 Å². The predicted octanol–water partition coefficient (Wildman–Crippen LogP) is -1.81. The fraction of sp³-hybridized carbons (Fsp3) is 0.422. The van der Waals surface area contributed by atoms with E-state index in [2.05, 4.69) is 64.1 Å². The zero-order valence-electron chi connectivity index (χ0n) is 41.8. The summed E-state index contributed by atoms with van der Waals surface area (Å²) in [5.74, 6) is -4.52. The fourth-order valence-electron chi connectivity index (χ4n) is 6.33. The van der Waals surface area contributed by atoms with Gasteiger partial charge < -0.3 is 85.6 Å². The number of hydrogen-bond donors (Lipinski definition) is 9. The van der Waals surface area contributed by atoms with E-state index in [1.807, 2.05) is 0 Å². The van der Waals surface area contributed by atoms with E-state index < -0.39 is 47.3 Å². The topological polar surface area (TPSA) is 365 Å². The van der Waals surface area contributed by atoms with Gasteiger partial charge in [0.25, 0.3) is 29.5 Å². The van der Waals surface area contributed by atoms with Crippen LogP contribution >= 0.6 is 0 Å². The number of carbonyl (C=O) groups excluding carboxylic acids is 9. The van der Waals surface area contributed by atoms with Gasteiger partial charge >= 0.3 is 0 Å². The molecule has 4 rings (SSSR count). The number of amides is 9. The molecule has 4 aromatic rings. The van der Waals surface area contributed by atoms with Gasteiger partial charge in [0.1, 0.15) is 11.4 Å². The number of aromatic nitrogens is 7. The van der Waals surface area contributed by atoms with Crippen LogP contribution in [-0.4, -0.2) is 164 Å². The standard InChI is InChI=1S/C45H63N17O12/c1-7-58(2)31(25-52-44(70)40-57-34(28-62(40)6)55-36(65)9-13-49-41(67)30-24-29(26-60(30)4)53-45(71)38-48-15-17-59(38)3)42(68)50-14-10-37(66)54-33-27-61(5)39(56-33)43(69)51-12-8-35(64)47-16-19-73-21-23-74-22-20-72-18-11-32(46)63/h7,15,17,24-28H,1,8-14,16,18-23H2,2-6H3,(H2,46,63)(H,47,64)(H,49,67)(H,50,68)(H,51,69)(H,52,70)(H,53,71)(H,54,66)(H,55,65)/b31-25-. The van der Waals surface area contributed by atoms with Crippen LogP contribution in [0.15, 0.2) is 61.7 Å². The van der Waals surface area contributed by atoms with Crippen molar-refractivity contribution in [3.63, 3.8) is 0 Å². The minimum atomic E-state index is -0.731. The van der Waals surface area contributed by atoms with E-state index in [0.717, 1.165) is 6.20 Å². The maximum Gasteiger partial charge on any atom is 0.291 e. The Morgan fingerprint density at radius 3 is 1.74 bits per heavy atom. The summed E-state index contributed by atoms with van der Waals surface area (Å²) in [6.07, 6.45) is 9.77. The molecule has 0 aliphatic carbocycles. The molecule has 74 heavy (non-hydrogen) atoms. The minimum Gasteiger partial charge on any atom is -0.379 e. The average Bonchev–Trinajstić information content (AvgIpc) is 4.14. The van der Waals surface area contributed by atoms with Gasteiger partial charge in [0.05, 0.1) is 45.3 Å². The van der Waals surface area contributed by atoms with Crippen molar-refractivity contribution in [3.8, 4) is 0 Å². The highest BCUT2D eigenvalue weighted by molar-refractivity contribution is 6.03. The number of nitrogens with one attached hydrogen (secondary N) is 8. The van der Waals surface area contributed by atoms with Gasteiger partial charge in [-0.25, -0.2) is 15.0 Å². The average molecular weight is 1030 g/mol. The van der Waals surface area contributed by atoms with E-state index in [-0.39, 0.29) is 111 Å². The number of aryl methyl sites for hydroxylation is 4.